The van der Waals surface area contributed by atoms with Gasteiger partial charge < -0.3 is 20.1 Å². The summed E-state index contributed by atoms with van der Waals surface area (Å²) in [5.74, 6) is -0.661. The molecule has 10 nitrogen and oxygen atoms in total. The Morgan fingerprint density at radius 1 is 1.09 bits per heavy atom. The maximum atomic E-state index is 17.2. The van der Waals surface area contributed by atoms with Crippen LogP contribution in [0.2, 0.25) is 5.02 Å². The predicted molar refractivity (Wildman–Crippen MR) is 177 cm³/mol. The molecule has 0 aliphatic carbocycles. The number of rotatable bonds is 2. The van der Waals surface area contributed by atoms with Gasteiger partial charge in [-0.1, -0.05) is 17.7 Å². The number of fused-ring (bicyclic) bond motifs is 3. The molecule has 3 aliphatic rings. The predicted octanol–water partition coefficient (Wildman–Crippen LogP) is 6.52. The first-order valence-corrected chi connectivity index (χ1v) is 16.9. The number of thiophene rings is 1. The van der Waals surface area contributed by atoms with Crippen LogP contribution in [0.4, 0.5) is 19.6 Å². The highest BCUT2D eigenvalue weighted by Crippen LogP contribution is 2.51. The normalized spacial score (nSPS) is 20.2. The Bertz CT molecular complexity index is 2100. The number of halogens is 3. The molecule has 0 amide bonds. The molecular weight excluding hydrogens is 646 g/mol. The second-order valence-electron chi connectivity index (χ2n) is 12.3. The summed E-state index contributed by atoms with van der Waals surface area (Å²) in [7, 11) is 2.10. The lowest BCUT2D eigenvalue weighted by molar-refractivity contribution is 0.0883. The molecular formula is C33H31ClF2N8O2S. The molecule has 2 atom stereocenters. The Morgan fingerprint density at radius 2 is 1.96 bits per heavy atom. The molecule has 6 heterocycles. The lowest BCUT2D eigenvalue weighted by atomic mass is 9.96. The number of nitrogens with zero attached hydrogens (tertiary/aromatic N) is 7. The fourth-order valence-corrected chi connectivity index (χ4v) is 8.57. The molecule has 5 aromatic rings. The van der Waals surface area contributed by atoms with Crippen molar-refractivity contribution in [3.05, 3.63) is 52.3 Å². The number of nitriles is 1. The number of hydrogen-bond acceptors (Lipinski definition) is 10. The summed E-state index contributed by atoms with van der Waals surface area (Å²) in [5.41, 5.74) is 7.30. The van der Waals surface area contributed by atoms with E-state index in [1.807, 2.05) is 15.6 Å². The number of hydrogen-bond donors (Lipinski definition) is 1. The largest absolute Gasteiger partial charge is 0.489 e. The van der Waals surface area contributed by atoms with E-state index >= 15 is 4.39 Å². The fourth-order valence-electron chi connectivity index (χ4n) is 7.28. The van der Waals surface area contributed by atoms with Crippen LogP contribution >= 0.6 is 22.9 Å². The SMILES string of the molecule is CN1CCC[C@H]1C1CCCCn2nccc2CN2CCOc3c(Cl)c(-c4ccc(F)c5sc(N)c(C#N)c45)c(F)c4nc(nc2c34)O1. The molecule has 242 valence electrons. The highest BCUT2D eigenvalue weighted by Gasteiger charge is 2.35. The zero-order chi connectivity index (χ0) is 32.4. The molecule has 1 unspecified atom stereocenters. The van der Waals surface area contributed by atoms with Crippen molar-refractivity contribution >= 4 is 54.7 Å². The van der Waals surface area contributed by atoms with Crippen molar-refractivity contribution in [3.8, 4) is 29.0 Å². The average molecular weight is 677 g/mol. The van der Waals surface area contributed by atoms with Gasteiger partial charge in [-0.15, -0.1) is 11.3 Å². The van der Waals surface area contributed by atoms with Crippen molar-refractivity contribution in [3.63, 3.8) is 0 Å². The van der Waals surface area contributed by atoms with Gasteiger partial charge >= 0.3 is 6.01 Å². The molecule has 2 bridgehead atoms. The van der Waals surface area contributed by atoms with Crippen LogP contribution in [0.15, 0.2) is 24.4 Å². The quantitative estimate of drug-likeness (QED) is 0.223. The molecule has 2 aromatic carbocycles. The zero-order valence-electron chi connectivity index (χ0n) is 25.6. The maximum Gasteiger partial charge on any atom is 0.319 e. The second-order valence-corrected chi connectivity index (χ2v) is 13.7. The van der Waals surface area contributed by atoms with Crippen LogP contribution in [0.5, 0.6) is 11.8 Å². The van der Waals surface area contributed by atoms with Gasteiger partial charge in [0, 0.05) is 29.7 Å². The molecule has 1 saturated heterocycles. The Hall–Kier alpha value is -4.25. The summed E-state index contributed by atoms with van der Waals surface area (Å²) in [5, 5.41) is 15.2. The van der Waals surface area contributed by atoms with Crippen molar-refractivity contribution in [1.82, 2.24) is 24.6 Å². The number of aromatic nitrogens is 4. The van der Waals surface area contributed by atoms with Gasteiger partial charge in [-0.3, -0.25) is 9.58 Å². The van der Waals surface area contributed by atoms with Crippen LogP contribution in [-0.2, 0) is 13.1 Å². The van der Waals surface area contributed by atoms with Crippen molar-refractivity contribution in [2.75, 3.05) is 37.4 Å². The maximum absolute atomic E-state index is 17.2. The number of nitrogen functional groups attached to an aromatic ring is 1. The van der Waals surface area contributed by atoms with Gasteiger partial charge in [0.2, 0.25) is 0 Å². The molecule has 0 spiro atoms. The minimum Gasteiger partial charge on any atom is -0.489 e. The number of likely N-dealkylation sites (tertiary alicyclic amines) is 1. The monoisotopic (exact) mass is 676 g/mol. The van der Waals surface area contributed by atoms with E-state index in [1.165, 1.54) is 12.1 Å². The van der Waals surface area contributed by atoms with E-state index in [4.69, 9.17) is 36.8 Å². The van der Waals surface area contributed by atoms with Crippen LogP contribution < -0.4 is 20.1 Å². The molecule has 47 heavy (non-hydrogen) atoms. The van der Waals surface area contributed by atoms with Crippen molar-refractivity contribution < 1.29 is 18.3 Å². The summed E-state index contributed by atoms with van der Waals surface area (Å²) in [6.07, 6.45) is 6.25. The Labute approximate surface area is 278 Å². The molecule has 1 fully saturated rings. The first kappa shape index (κ1) is 30.1. The Kier molecular flexibility index (Phi) is 7.54. The lowest BCUT2D eigenvalue weighted by Crippen LogP contribution is -2.40. The third-order valence-corrected chi connectivity index (χ3v) is 11.0. The second kappa shape index (κ2) is 11.8. The van der Waals surface area contributed by atoms with E-state index in [2.05, 4.69) is 23.1 Å². The molecule has 8 rings (SSSR count). The third kappa shape index (κ3) is 4.92. The average Bonchev–Trinajstić information content (AvgIpc) is 3.75. The molecule has 0 radical (unpaired) electrons. The standard InChI is InChI=1S/C33H31ClF2N8O2S/c1-42-11-4-5-21(42)22-6-2-3-12-44-17(9-10-39-44)16-43-13-14-45-29-25-28(40-33(46-22)41-32(25)43)27(36)24(26(29)34)18-7-8-20(35)30-23(18)19(15-37)31(38)47-30/h7-10,21-22H,2-6,11-14,16,38H2,1H3/t21-,22?/m0/s1. The smallest absolute Gasteiger partial charge is 0.319 e. The number of anilines is 2. The highest BCUT2D eigenvalue weighted by atomic mass is 35.5. The molecule has 3 aromatic heterocycles. The Morgan fingerprint density at radius 3 is 2.77 bits per heavy atom. The number of nitrogens with two attached hydrogens (primary N) is 1. The van der Waals surface area contributed by atoms with Gasteiger partial charge in [-0.25, -0.2) is 8.78 Å². The first-order valence-electron chi connectivity index (χ1n) is 15.7. The third-order valence-electron chi connectivity index (χ3n) is 9.58. The summed E-state index contributed by atoms with van der Waals surface area (Å²) in [6, 6.07) is 6.91. The summed E-state index contributed by atoms with van der Waals surface area (Å²) in [6.45, 7) is 2.84. The van der Waals surface area contributed by atoms with Crippen LogP contribution in [0.1, 0.15) is 43.4 Å². The highest BCUT2D eigenvalue weighted by molar-refractivity contribution is 7.23. The van der Waals surface area contributed by atoms with Gasteiger partial charge in [-0.05, 0) is 63.4 Å². The van der Waals surface area contributed by atoms with E-state index in [1.54, 1.807) is 6.20 Å². The van der Waals surface area contributed by atoms with Gasteiger partial charge in [0.05, 0.1) is 39.5 Å². The van der Waals surface area contributed by atoms with Crippen molar-refractivity contribution in [2.24, 2.45) is 0 Å². The van der Waals surface area contributed by atoms with Crippen LogP contribution in [0.3, 0.4) is 0 Å². The van der Waals surface area contributed by atoms with E-state index in [0.29, 0.717) is 24.3 Å². The van der Waals surface area contributed by atoms with Crippen LogP contribution in [-0.4, -0.2) is 63.5 Å². The summed E-state index contributed by atoms with van der Waals surface area (Å²) >= 11 is 7.98. The number of ether oxygens (including phenoxy) is 2. The van der Waals surface area contributed by atoms with Crippen LogP contribution in [0, 0.1) is 23.0 Å². The van der Waals surface area contributed by atoms with Crippen molar-refractivity contribution in [2.45, 2.75) is 57.3 Å². The van der Waals surface area contributed by atoms with E-state index < -0.39 is 11.6 Å². The van der Waals surface area contributed by atoms with Gasteiger partial charge in [0.25, 0.3) is 0 Å². The van der Waals surface area contributed by atoms with E-state index in [-0.39, 0.29) is 72.8 Å². The molecule has 14 heteroatoms. The van der Waals surface area contributed by atoms with Gasteiger partial charge in [0.1, 0.15) is 40.9 Å². The number of benzene rings is 2. The minimum atomic E-state index is -0.752. The molecule has 3 aliphatic heterocycles. The first-order chi connectivity index (χ1) is 22.8. The summed E-state index contributed by atoms with van der Waals surface area (Å²) < 4.78 is 47.3. The van der Waals surface area contributed by atoms with E-state index in [9.17, 15) is 9.65 Å². The minimum absolute atomic E-state index is 0.0228. The van der Waals surface area contributed by atoms with Gasteiger partial charge in [-0.2, -0.15) is 20.3 Å². The van der Waals surface area contributed by atoms with Crippen molar-refractivity contribution in [1.29, 1.82) is 5.26 Å². The Balaban J connectivity index is 1.39. The molecule has 2 N–H and O–H groups in total. The number of aryl methyl sites for hydroxylation is 1. The fraction of sp³-hybridized carbons (Fsp3) is 0.394. The van der Waals surface area contributed by atoms with Gasteiger partial charge in [0.15, 0.2) is 11.6 Å². The van der Waals surface area contributed by atoms with E-state index in [0.717, 1.165) is 62.2 Å². The molecule has 0 saturated carbocycles. The van der Waals surface area contributed by atoms with Crippen LogP contribution in [0.25, 0.3) is 32.1 Å². The lowest BCUT2D eigenvalue weighted by Gasteiger charge is -2.29. The number of likely N-dealkylation sites (N-methyl/N-ethyl adjacent to an activating group) is 1. The summed E-state index contributed by atoms with van der Waals surface area (Å²) in [4.78, 5) is 14.0. The zero-order valence-corrected chi connectivity index (χ0v) is 27.2. The topological polar surface area (TPSA) is 118 Å².